The molecule has 164 valence electrons. The molecule has 0 aromatic carbocycles. The van der Waals surface area contributed by atoms with E-state index in [2.05, 4.69) is 13.8 Å². The van der Waals surface area contributed by atoms with Gasteiger partial charge < -0.3 is 24.1 Å². The maximum atomic E-state index is 11.2. The Morgan fingerprint density at radius 3 is 2.21 bits per heavy atom. The second kappa shape index (κ2) is 6.41. The van der Waals surface area contributed by atoms with Crippen LogP contribution >= 0.6 is 0 Å². The minimum Gasteiger partial charge on any atom is -0.393 e. The second-order valence-corrected chi connectivity index (χ2v) is 11.2. The van der Waals surface area contributed by atoms with E-state index in [4.69, 9.17) is 18.9 Å². The number of ether oxygens (including phenoxy) is 4. The number of hydrogen-bond acceptors (Lipinski definition) is 5. The fourth-order valence-electron chi connectivity index (χ4n) is 9.39. The van der Waals surface area contributed by atoms with Gasteiger partial charge in [-0.05, 0) is 69.1 Å². The summed E-state index contributed by atoms with van der Waals surface area (Å²) in [6.07, 6.45) is 9.78. The molecule has 29 heavy (non-hydrogen) atoms. The van der Waals surface area contributed by atoms with E-state index in [-0.39, 0.29) is 28.5 Å². The van der Waals surface area contributed by atoms with E-state index in [9.17, 15) is 5.11 Å². The van der Waals surface area contributed by atoms with Gasteiger partial charge in [-0.15, -0.1) is 0 Å². The van der Waals surface area contributed by atoms with Crippen molar-refractivity contribution in [2.45, 2.75) is 89.3 Å². The molecule has 4 saturated carbocycles. The molecule has 5 heteroatoms. The fourth-order valence-corrected chi connectivity index (χ4v) is 9.39. The van der Waals surface area contributed by atoms with Gasteiger partial charge in [0.1, 0.15) is 0 Å². The Morgan fingerprint density at radius 1 is 0.793 bits per heavy atom. The average Bonchev–Trinajstić information content (AvgIpc) is 3.43. The SMILES string of the molecule is CC(O)[C@]12CCC3(C[C@H]1CC[C@@H]1[C@@H]2CC[C@@]2(C)[C@H]1CCC21OCCO1)OCCO3. The van der Waals surface area contributed by atoms with Crippen LogP contribution in [-0.2, 0) is 18.9 Å². The highest BCUT2D eigenvalue weighted by Crippen LogP contribution is 2.70. The summed E-state index contributed by atoms with van der Waals surface area (Å²) in [4.78, 5) is 0. The minimum atomic E-state index is -0.359. The molecule has 6 aliphatic rings. The molecule has 0 aromatic heterocycles. The first-order valence-electron chi connectivity index (χ1n) is 12.2. The van der Waals surface area contributed by atoms with Crippen LogP contribution in [0.15, 0.2) is 0 Å². The van der Waals surface area contributed by atoms with Crippen molar-refractivity contribution in [3.63, 3.8) is 0 Å². The monoisotopic (exact) mass is 406 g/mol. The van der Waals surface area contributed by atoms with Crippen LogP contribution in [0.2, 0.25) is 0 Å². The molecule has 0 radical (unpaired) electrons. The fraction of sp³-hybridized carbons (Fsp3) is 1.00. The Balaban J connectivity index is 1.32. The summed E-state index contributed by atoms with van der Waals surface area (Å²) >= 11 is 0. The summed E-state index contributed by atoms with van der Waals surface area (Å²) in [5.41, 5.74) is 0.156. The summed E-state index contributed by atoms with van der Waals surface area (Å²) in [6.45, 7) is 7.46. The van der Waals surface area contributed by atoms with Crippen LogP contribution in [0.1, 0.15) is 71.6 Å². The van der Waals surface area contributed by atoms with Gasteiger partial charge in [0.05, 0.1) is 32.5 Å². The molecule has 0 amide bonds. The quantitative estimate of drug-likeness (QED) is 0.716. The van der Waals surface area contributed by atoms with Gasteiger partial charge in [-0.3, -0.25) is 0 Å². The second-order valence-electron chi connectivity index (χ2n) is 11.2. The van der Waals surface area contributed by atoms with E-state index in [1.807, 2.05) is 0 Å². The summed E-state index contributed by atoms with van der Waals surface area (Å²) in [6, 6.07) is 0. The number of aliphatic hydroxyl groups is 1. The molecule has 1 N–H and O–H groups in total. The zero-order chi connectivity index (χ0) is 19.9. The third-order valence-corrected chi connectivity index (χ3v) is 10.6. The standard InChI is InChI=1S/C24H38O5/c1-16(25)23-10-9-22(26-11-12-27-22)15-17(23)3-4-18-19-6-8-24(28-13-14-29-24)21(19,2)7-5-20(18)23/h16-20,25H,3-15H2,1-2H3/t16?,17-,18+,19+,20+,21+,23-/m1/s1. The van der Waals surface area contributed by atoms with Crippen LogP contribution in [0.5, 0.6) is 0 Å². The average molecular weight is 407 g/mol. The molecule has 6 fully saturated rings. The molecule has 2 saturated heterocycles. The highest BCUT2D eigenvalue weighted by molar-refractivity contribution is 5.15. The van der Waals surface area contributed by atoms with Gasteiger partial charge in [0.25, 0.3) is 0 Å². The molecule has 0 aromatic rings. The van der Waals surface area contributed by atoms with Crippen molar-refractivity contribution in [2.75, 3.05) is 26.4 Å². The number of aliphatic hydroxyl groups excluding tert-OH is 1. The van der Waals surface area contributed by atoms with E-state index in [0.29, 0.717) is 23.7 Å². The largest absolute Gasteiger partial charge is 0.393 e. The zero-order valence-corrected chi connectivity index (χ0v) is 18.2. The normalized spacial score (nSPS) is 51.0. The highest BCUT2D eigenvalue weighted by atomic mass is 16.7. The number of hydrogen-bond donors (Lipinski definition) is 1. The Kier molecular flexibility index (Phi) is 4.31. The van der Waals surface area contributed by atoms with E-state index in [1.54, 1.807) is 0 Å². The lowest BCUT2D eigenvalue weighted by Gasteiger charge is -2.64. The van der Waals surface area contributed by atoms with Gasteiger partial charge in [0.2, 0.25) is 0 Å². The zero-order valence-electron chi connectivity index (χ0n) is 18.2. The van der Waals surface area contributed by atoms with Crippen molar-refractivity contribution < 1.29 is 24.1 Å². The lowest BCUT2D eigenvalue weighted by Crippen LogP contribution is -2.62. The van der Waals surface area contributed by atoms with Crippen LogP contribution in [0.4, 0.5) is 0 Å². The van der Waals surface area contributed by atoms with Crippen molar-refractivity contribution in [3.05, 3.63) is 0 Å². The summed E-state index contributed by atoms with van der Waals surface area (Å²) < 4.78 is 24.8. The van der Waals surface area contributed by atoms with Crippen LogP contribution in [0, 0.1) is 34.5 Å². The molecule has 0 bridgehead atoms. The molecule has 2 spiro atoms. The van der Waals surface area contributed by atoms with Crippen LogP contribution < -0.4 is 0 Å². The van der Waals surface area contributed by atoms with E-state index < -0.39 is 0 Å². The van der Waals surface area contributed by atoms with E-state index in [1.165, 1.54) is 25.7 Å². The lowest BCUT2D eigenvalue weighted by molar-refractivity contribution is -0.270. The predicted octanol–water partition coefficient (Wildman–Crippen LogP) is 3.88. The molecule has 1 unspecified atom stereocenters. The predicted molar refractivity (Wildman–Crippen MR) is 107 cm³/mol. The van der Waals surface area contributed by atoms with Gasteiger partial charge in [-0.2, -0.15) is 0 Å². The molecule has 6 rings (SSSR count). The van der Waals surface area contributed by atoms with Gasteiger partial charge in [-0.25, -0.2) is 0 Å². The lowest BCUT2D eigenvalue weighted by atomic mass is 9.43. The topological polar surface area (TPSA) is 57.2 Å². The van der Waals surface area contributed by atoms with Crippen LogP contribution in [-0.4, -0.2) is 49.2 Å². The third-order valence-electron chi connectivity index (χ3n) is 10.6. The van der Waals surface area contributed by atoms with Gasteiger partial charge >= 0.3 is 0 Å². The Hall–Kier alpha value is -0.200. The Morgan fingerprint density at radius 2 is 1.48 bits per heavy atom. The molecule has 2 heterocycles. The van der Waals surface area contributed by atoms with E-state index >= 15 is 0 Å². The molecule has 5 nitrogen and oxygen atoms in total. The third kappa shape index (κ3) is 2.40. The van der Waals surface area contributed by atoms with Gasteiger partial charge in [0, 0.05) is 30.1 Å². The number of rotatable bonds is 1. The highest BCUT2D eigenvalue weighted by Gasteiger charge is 2.69. The maximum absolute atomic E-state index is 11.2. The smallest absolute Gasteiger partial charge is 0.174 e. The first-order valence-corrected chi connectivity index (χ1v) is 12.2. The molecule has 4 aliphatic carbocycles. The Labute approximate surface area is 174 Å². The van der Waals surface area contributed by atoms with Crippen molar-refractivity contribution in [3.8, 4) is 0 Å². The minimum absolute atomic E-state index is 0.0257. The van der Waals surface area contributed by atoms with Crippen molar-refractivity contribution in [2.24, 2.45) is 34.5 Å². The molecule has 7 atom stereocenters. The summed E-state index contributed by atoms with van der Waals surface area (Å²) in [7, 11) is 0. The van der Waals surface area contributed by atoms with Crippen molar-refractivity contribution >= 4 is 0 Å². The van der Waals surface area contributed by atoms with Crippen LogP contribution in [0.3, 0.4) is 0 Å². The number of fused-ring (bicyclic) bond motifs is 6. The first-order chi connectivity index (χ1) is 13.9. The summed E-state index contributed by atoms with van der Waals surface area (Å²) in [5.74, 6) is 1.77. The van der Waals surface area contributed by atoms with E-state index in [0.717, 1.165) is 58.5 Å². The summed E-state index contributed by atoms with van der Waals surface area (Å²) in [5, 5.41) is 11.2. The first kappa shape index (κ1) is 19.5. The molecule has 2 aliphatic heterocycles. The maximum Gasteiger partial charge on any atom is 0.174 e. The van der Waals surface area contributed by atoms with Gasteiger partial charge in [-0.1, -0.05) is 6.92 Å². The molecular formula is C24H38O5. The van der Waals surface area contributed by atoms with Gasteiger partial charge in [0.15, 0.2) is 11.6 Å². The molecular weight excluding hydrogens is 368 g/mol. The van der Waals surface area contributed by atoms with Crippen molar-refractivity contribution in [1.82, 2.24) is 0 Å². The van der Waals surface area contributed by atoms with Crippen LogP contribution in [0.25, 0.3) is 0 Å². The Bertz CT molecular complexity index is 652. The van der Waals surface area contributed by atoms with Crippen molar-refractivity contribution in [1.29, 1.82) is 0 Å².